The van der Waals surface area contributed by atoms with Crippen molar-refractivity contribution in [3.8, 4) is 11.8 Å². The Morgan fingerprint density at radius 2 is 1.43 bits per heavy atom. The van der Waals surface area contributed by atoms with Crippen molar-refractivity contribution in [2.45, 2.75) is 36.3 Å². The third-order valence-corrected chi connectivity index (χ3v) is 4.92. The molecule has 0 aromatic heterocycles. The molecule has 1 aliphatic carbocycles. The normalized spacial score (nSPS) is 20.7. The predicted molar refractivity (Wildman–Crippen MR) is 92.7 cm³/mol. The Bertz CT molecular complexity index is 594. The van der Waals surface area contributed by atoms with Crippen LogP contribution in [-0.2, 0) is 5.41 Å². The topological polar surface area (TPSA) is 0 Å². The summed E-state index contributed by atoms with van der Waals surface area (Å²) in [5.41, 5.74) is 2.21. The van der Waals surface area contributed by atoms with Gasteiger partial charge in [0.2, 0.25) is 0 Å². The van der Waals surface area contributed by atoms with Crippen molar-refractivity contribution in [3.63, 3.8) is 0 Å². The van der Waals surface area contributed by atoms with Gasteiger partial charge in [-0.15, -0.1) is 5.92 Å². The Hall–Kier alpha value is -1.65. The summed E-state index contributed by atoms with van der Waals surface area (Å²) in [7, 11) is 0. The van der Waals surface area contributed by atoms with Crippen molar-refractivity contribution in [2.24, 2.45) is 0 Å². The Kier molecular flexibility index (Phi) is 4.36. The minimum absolute atomic E-state index is 0.218. The highest BCUT2D eigenvalue weighted by atomic mass is 32.1. The maximum atomic E-state index is 4.98. The van der Waals surface area contributed by atoms with Gasteiger partial charge in [0.25, 0.3) is 0 Å². The van der Waals surface area contributed by atoms with Crippen molar-refractivity contribution in [1.82, 2.24) is 0 Å². The lowest BCUT2D eigenvalue weighted by atomic mass is 9.70. The third-order valence-electron chi connectivity index (χ3n) is 4.27. The number of benzene rings is 2. The summed E-state index contributed by atoms with van der Waals surface area (Å²) < 4.78 is 0. The quantitative estimate of drug-likeness (QED) is 0.594. The Labute approximate surface area is 133 Å². The fraction of sp³-hybridized carbons (Fsp3) is 0.300. The molecule has 0 fully saturated rings. The molecule has 0 radical (unpaired) electrons. The zero-order valence-electron chi connectivity index (χ0n) is 12.1. The molecule has 0 saturated heterocycles. The van der Waals surface area contributed by atoms with Gasteiger partial charge in [-0.05, 0) is 24.0 Å². The Morgan fingerprint density at radius 1 is 0.857 bits per heavy atom. The van der Waals surface area contributed by atoms with Gasteiger partial charge in [0, 0.05) is 11.7 Å². The maximum Gasteiger partial charge on any atom is 0.0927 e. The molecule has 21 heavy (non-hydrogen) atoms. The molecular formula is C20H20S. The van der Waals surface area contributed by atoms with Gasteiger partial charge in [-0.1, -0.05) is 73.0 Å². The molecule has 0 aliphatic heterocycles. The van der Waals surface area contributed by atoms with E-state index in [0.29, 0.717) is 0 Å². The molecule has 2 aromatic carbocycles. The van der Waals surface area contributed by atoms with E-state index >= 15 is 0 Å². The fourth-order valence-corrected chi connectivity index (χ4v) is 3.70. The van der Waals surface area contributed by atoms with Crippen LogP contribution in [0.25, 0.3) is 0 Å². The minimum Gasteiger partial charge on any atom is -0.174 e. The molecule has 106 valence electrons. The van der Waals surface area contributed by atoms with Crippen molar-refractivity contribution >= 4 is 12.6 Å². The largest absolute Gasteiger partial charge is 0.174 e. The highest BCUT2D eigenvalue weighted by Gasteiger charge is 2.39. The first-order chi connectivity index (χ1) is 10.3. The second kappa shape index (κ2) is 6.41. The molecule has 0 amide bonds. The van der Waals surface area contributed by atoms with Crippen LogP contribution in [0, 0.1) is 11.8 Å². The molecule has 0 saturated carbocycles. The van der Waals surface area contributed by atoms with Crippen LogP contribution in [0.4, 0.5) is 0 Å². The van der Waals surface area contributed by atoms with Crippen molar-refractivity contribution < 1.29 is 0 Å². The second-order valence-electron chi connectivity index (χ2n) is 5.60. The third kappa shape index (κ3) is 2.74. The van der Waals surface area contributed by atoms with Crippen LogP contribution in [0.1, 0.15) is 36.8 Å². The molecule has 0 heterocycles. The van der Waals surface area contributed by atoms with Gasteiger partial charge in [-0.3, -0.25) is 0 Å². The van der Waals surface area contributed by atoms with Crippen LogP contribution < -0.4 is 0 Å². The first-order valence-corrected chi connectivity index (χ1v) is 8.15. The lowest BCUT2D eigenvalue weighted by molar-refractivity contribution is 0.549. The number of rotatable bonds is 2. The Morgan fingerprint density at radius 3 is 2.00 bits per heavy atom. The zero-order chi connectivity index (χ0) is 14.5. The van der Waals surface area contributed by atoms with Crippen molar-refractivity contribution in [3.05, 3.63) is 71.8 Å². The van der Waals surface area contributed by atoms with Crippen LogP contribution in [0.15, 0.2) is 60.7 Å². The Balaban J connectivity index is 2.23. The number of hydrogen-bond donors (Lipinski definition) is 1. The van der Waals surface area contributed by atoms with Gasteiger partial charge in [0.1, 0.15) is 0 Å². The summed E-state index contributed by atoms with van der Waals surface area (Å²) in [4.78, 5) is 0. The summed E-state index contributed by atoms with van der Waals surface area (Å²) in [5, 5.41) is 0.218. The van der Waals surface area contributed by atoms with E-state index < -0.39 is 0 Å². The van der Waals surface area contributed by atoms with E-state index in [0.717, 1.165) is 12.8 Å². The van der Waals surface area contributed by atoms with E-state index in [9.17, 15) is 0 Å². The molecule has 1 heteroatoms. The average molecular weight is 292 g/mol. The van der Waals surface area contributed by atoms with Gasteiger partial charge in [-0.2, -0.15) is 12.6 Å². The fourth-order valence-electron chi connectivity index (χ4n) is 3.15. The molecule has 0 bridgehead atoms. The summed E-state index contributed by atoms with van der Waals surface area (Å²) in [6, 6.07) is 21.3. The minimum atomic E-state index is -0.300. The second-order valence-corrected chi connectivity index (χ2v) is 6.23. The van der Waals surface area contributed by atoms with Crippen LogP contribution in [0.3, 0.4) is 0 Å². The van der Waals surface area contributed by atoms with E-state index in [1.807, 2.05) is 0 Å². The van der Waals surface area contributed by atoms with Gasteiger partial charge < -0.3 is 0 Å². The van der Waals surface area contributed by atoms with E-state index in [4.69, 9.17) is 12.6 Å². The molecule has 1 aliphatic rings. The monoisotopic (exact) mass is 292 g/mol. The van der Waals surface area contributed by atoms with Gasteiger partial charge in [0.05, 0.1) is 5.41 Å². The van der Waals surface area contributed by atoms with Gasteiger partial charge in [-0.25, -0.2) is 0 Å². The van der Waals surface area contributed by atoms with Crippen molar-refractivity contribution in [1.29, 1.82) is 0 Å². The molecule has 0 N–H and O–H groups in total. The van der Waals surface area contributed by atoms with Crippen molar-refractivity contribution in [2.75, 3.05) is 0 Å². The molecule has 0 nitrogen and oxygen atoms in total. The van der Waals surface area contributed by atoms with Crippen LogP contribution >= 0.6 is 12.6 Å². The van der Waals surface area contributed by atoms with Gasteiger partial charge in [0.15, 0.2) is 0 Å². The molecule has 3 rings (SSSR count). The van der Waals surface area contributed by atoms with E-state index in [-0.39, 0.29) is 10.7 Å². The van der Waals surface area contributed by atoms with Crippen LogP contribution in [0.5, 0.6) is 0 Å². The van der Waals surface area contributed by atoms with E-state index in [1.54, 1.807) is 0 Å². The maximum absolute atomic E-state index is 4.98. The summed E-state index contributed by atoms with van der Waals surface area (Å²) in [6.45, 7) is 0. The highest BCUT2D eigenvalue weighted by molar-refractivity contribution is 7.81. The lowest BCUT2D eigenvalue weighted by Gasteiger charge is -2.36. The summed E-state index contributed by atoms with van der Waals surface area (Å²) in [6.07, 6.45) is 4.47. The predicted octanol–water partition coefficient (Wildman–Crippen LogP) is 4.85. The molecule has 2 aromatic rings. The standard InChI is InChI=1S/C20H20S/c21-19-15-9-1-2-10-16-20(19,17-11-5-3-6-12-17)18-13-7-4-8-14-18/h3-8,11-14,19,21H,1-2,9,15H2. The smallest absolute Gasteiger partial charge is 0.0927 e. The van der Waals surface area contributed by atoms with Crippen LogP contribution in [0.2, 0.25) is 0 Å². The molecule has 1 unspecified atom stereocenters. The molecular weight excluding hydrogens is 272 g/mol. The first kappa shape index (κ1) is 14.3. The molecule has 0 spiro atoms. The highest BCUT2D eigenvalue weighted by Crippen LogP contribution is 2.40. The van der Waals surface area contributed by atoms with E-state index in [1.165, 1.54) is 24.0 Å². The van der Waals surface area contributed by atoms with E-state index in [2.05, 4.69) is 72.5 Å². The first-order valence-electron chi connectivity index (χ1n) is 7.63. The summed E-state index contributed by atoms with van der Waals surface area (Å²) >= 11 is 4.98. The zero-order valence-corrected chi connectivity index (χ0v) is 13.0. The molecule has 1 atom stereocenters. The van der Waals surface area contributed by atoms with Crippen LogP contribution in [-0.4, -0.2) is 5.25 Å². The summed E-state index contributed by atoms with van der Waals surface area (Å²) in [5.74, 6) is 7.00. The average Bonchev–Trinajstić information content (AvgIpc) is 2.54. The SMILES string of the molecule is SC1CCCCC#CC1(c1ccccc1)c1ccccc1. The number of thiol groups is 1. The number of hydrogen-bond acceptors (Lipinski definition) is 1. The van der Waals surface area contributed by atoms with Gasteiger partial charge >= 0.3 is 0 Å². The lowest BCUT2D eigenvalue weighted by Crippen LogP contribution is -2.37.